The SMILES string of the molecule is C=CCSCCCCC[NH]. The first-order valence-corrected chi connectivity index (χ1v) is 4.90. The molecule has 0 spiro atoms. The van der Waals surface area contributed by atoms with Gasteiger partial charge in [0, 0.05) is 12.3 Å². The summed E-state index contributed by atoms with van der Waals surface area (Å²) in [6, 6.07) is 0. The molecule has 0 saturated heterocycles. The molecule has 0 aliphatic heterocycles. The zero-order valence-corrected chi connectivity index (χ0v) is 7.25. The van der Waals surface area contributed by atoms with Crippen LogP contribution in [0.2, 0.25) is 0 Å². The van der Waals surface area contributed by atoms with Crippen molar-refractivity contribution in [2.75, 3.05) is 18.1 Å². The largest absolute Gasteiger partial charge is 0.258 e. The van der Waals surface area contributed by atoms with Crippen molar-refractivity contribution in [3.63, 3.8) is 0 Å². The predicted octanol–water partition coefficient (Wildman–Crippen LogP) is 2.36. The highest BCUT2D eigenvalue weighted by Crippen LogP contribution is 2.05. The normalized spacial score (nSPS) is 9.70. The number of hydrogen-bond acceptors (Lipinski definition) is 1. The maximum Gasteiger partial charge on any atom is 0.0110 e. The third-order valence-corrected chi connectivity index (χ3v) is 2.25. The van der Waals surface area contributed by atoms with E-state index in [1.54, 1.807) is 0 Å². The Hall–Kier alpha value is 0.0500. The van der Waals surface area contributed by atoms with Gasteiger partial charge >= 0.3 is 0 Å². The van der Waals surface area contributed by atoms with E-state index in [0.29, 0.717) is 6.54 Å². The Kier molecular flexibility index (Phi) is 9.10. The minimum atomic E-state index is 0.589. The van der Waals surface area contributed by atoms with Gasteiger partial charge in [-0.2, -0.15) is 11.8 Å². The van der Waals surface area contributed by atoms with Crippen LogP contribution in [0.25, 0.3) is 0 Å². The maximum atomic E-state index is 6.90. The third-order valence-electron chi connectivity index (χ3n) is 1.20. The summed E-state index contributed by atoms with van der Waals surface area (Å²) >= 11 is 1.92. The van der Waals surface area contributed by atoms with Crippen molar-refractivity contribution in [3.8, 4) is 0 Å². The van der Waals surface area contributed by atoms with Crippen LogP contribution in [0, 0.1) is 0 Å². The van der Waals surface area contributed by atoms with Crippen LogP contribution in [-0.4, -0.2) is 18.1 Å². The van der Waals surface area contributed by atoms with E-state index in [1.165, 1.54) is 18.6 Å². The lowest BCUT2D eigenvalue weighted by atomic mass is 10.2. The summed E-state index contributed by atoms with van der Waals surface area (Å²) in [5.74, 6) is 2.30. The van der Waals surface area contributed by atoms with E-state index in [9.17, 15) is 0 Å². The second-order valence-electron chi connectivity index (χ2n) is 2.17. The van der Waals surface area contributed by atoms with Crippen LogP contribution in [0.15, 0.2) is 12.7 Å². The first-order valence-electron chi connectivity index (χ1n) is 3.75. The minimum absolute atomic E-state index is 0.589. The first-order chi connectivity index (χ1) is 4.91. The highest BCUT2D eigenvalue weighted by atomic mass is 32.2. The zero-order valence-electron chi connectivity index (χ0n) is 6.44. The van der Waals surface area contributed by atoms with E-state index in [4.69, 9.17) is 5.73 Å². The molecule has 10 heavy (non-hydrogen) atoms. The molecule has 0 rings (SSSR count). The van der Waals surface area contributed by atoms with Crippen molar-refractivity contribution in [3.05, 3.63) is 12.7 Å². The number of rotatable bonds is 7. The Morgan fingerprint density at radius 2 is 2.10 bits per heavy atom. The van der Waals surface area contributed by atoms with Crippen molar-refractivity contribution in [2.45, 2.75) is 19.3 Å². The molecule has 0 fully saturated rings. The number of unbranched alkanes of at least 4 members (excludes halogenated alkanes) is 2. The van der Waals surface area contributed by atoms with Gasteiger partial charge in [-0.25, -0.2) is 0 Å². The number of thioether (sulfide) groups is 1. The molecule has 2 heteroatoms. The summed E-state index contributed by atoms with van der Waals surface area (Å²) in [5.41, 5.74) is 6.90. The van der Waals surface area contributed by atoms with E-state index in [1.807, 2.05) is 17.8 Å². The van der Waals surface area contributed by atoms with E-state index in [2.05, 4.69) is 6.58 Å². The number of hydrogen-bond donors (Lipinski definition) is 0. The van der Waals surface area contributed by atoms with Crippen LogP contribution in [0.1, 0.15) is 19.3 Å². The molecular weight excluding hydrogens is 142 g/mol. The monoisotopic (exact) mass is 158 g/mol. The molecule has 0 aliphatic rings. The fourth-order valence-corrected chi connectivity index (χ4v) is 1.41. The summed E-state index contributed by atoms with van der Waals surface area (Å²) in [7, 11) is 0. The molecule has 1 N–H and O–H groups in total. The topological polar surface area (TPSA) is 23.8 Å². The quantitative estimate of drug-likeness (QED) is 0.412. The van der Waals surface area contributed by atoms with E-state index in [-0.39, 0.29) is 0 Å². The molecule has 0 atom stereocenters. The Morgan fingerprint density at radius 1 is 1.30 bits per heavy atom. The van der Waals surface area contributed by atoms with Gasteiger partial charge in [0.2, 0.25) is 0 Å². The smallest absolute Gasteiger partial charge is 0.0110 e. The minimum Gasteiger partial charge on any atom is -0.258 e. The Morgan fingerprint density at radius 3 is 2.70 bits per heavy atom. The molecular formula is C8H16NS. The summed E-state index contributed by atoms with van der Waals surface area (Å²) in [6.45, 7) is 4.23. The van der Waals surface area contributed by atoms with Crippen LogP contribution in [-0.2, 0) is 0 Å². The molecule has 0 aromatic heterocycles. The maximum absolute atomic E-state index is 6.90. The molecule has 0 bridgehead atoms. The molecule has 1 radical (unpaired) electrons. The van der Waals surface area contributed by atoms with Gasteiger partial charge in [-0.3, -0.25) is 5.73 Å². The second-order valence-corrected chi connectivity index (χ2v) is 3.32. The van der Waals surface area contributed by atoms with Crippen molar-refractivity contribution in [1.29, 1.82) is 0 Å². The predicted molar refractivity (Wildman–Crippen MR) is 49.3 cm³/mol. The van der Waals surface area contributed by atoms with Crippen LogP contribution in [0.3, 0.4) is 0 Å². The average molecular weight is 158 g/mol. The molecule has 0 unspecified atom stereocenters. The van der Waals surface area contributed by atoms with Gasteiger partial charge in [0.25, 0.3) is 0 Å². The molecule has 59 valence electrons. The molecule has 0 aliphatic carbocycles. The van der Waals surface area contributed by atoms with Crippen molar-refractivity contribution in [1.82, 2.24) is 5.73 Å². The summed E-state index contributed by atoms with van der Waals surface area (Å²) in [5, 5.41) is 0. The third kappa shape index (κ3) is 8.05. The van der Waals surface area contributed by atoms with Gasteiger partial charge < -0.3 is 0 Å². The van der Waals surface area contributed by atoms with Gasteiger partial charge in [0.15, 0.2) is 0 Å². The first kappa shape index (κ1) is 10.0. The van der Waals surface area contributed by atoms with Gasteiger partial charge in [0.05, 0.1) is 0 Å². The van der Waals surface area contributed by atoms with E-state index >= 15 is 0 Å². The van der Waals surface area contributed by atoms with Gasteiger partial charge in [-0.1, -0.05) is 12.5 Å². The summed E-state index contributed by atoms with van der Waals surface area (Å²) < 4.78 is 0. The van der Waals surface area contributed by atoms with E-state index < -0.39 is 0 Å². The Bertz CT molecular complexity index is 73.7. The van der Waals surface area contributed by atoms with Gasteiger partial charge in [0.1, 0.15) is 0 Å². The van der Waals surface area contributed by atoms with Crippen LogP contribution < -0.4 is 5.73 Å². The molecule has 0 amide bonds. The van der Waals surface area contributed by atoms with Gasteiger partial charge in [-0.05, 0) is 18.6 Å². The lowest BCUT2D eigenvalue weighted by Crippen LogP contribution is -1.87. The van der Waals surface area contributed by atoms with Crippen molar-refractivity contribution >= 4 is 11.8 Å². The fourth-order valence-electron chi connectivity index (χ4n) is 0.673. The Labute approximate surface area is 68.1 Å². The van der Waals surface area contributed by atoms with Crippen LogP contribution in [0.4, 0.5) is 0 Å². The summed E-state index contributed by atoms with van der Waals surface area (Å²) in [6.07, 6.45) is 5.48. The standard InChI is InChI=1S/C8H16NS/c1-2-7-10-8-5-3-4-6-9/h2,9H,1,3-8H2. The molecule has 0 aromatic rings. The van der Waals surface area contributed by atoms with Crippen molar-refractivity contribution in [2.24, 2.45) is 0 Å². The van der Waals surface area contributed by atoms with Crippen LogP contribution in [0.5, 0.6) is 0 Å². The highest BCUT2D eigenvalue weighted by molar-refractivity contribution is 7.99. The zero-order chi connectivity index (χ0) is 7.66. The molecule has 0 aromatic carbocycles. The van der Waals surface area contributed by atoms with Crippen molar-refractivity contribution < 1.29 is 0 Å². The molecule has 1 nitrogen and oxygen atoms in total. The fraction of sp³-hybridized carbons (Fsp3) is 0.750. The molecule has 0 saturated carbocycles. The van der Waals surface area contributed by atoms with E-state index in [0.717, 1.165) is 12.2 Å². The Balaban J connectivity index is 2.70. The summed E-state index contributed by atoms with van der Waals surface area (Å²) in [4.78, 5) is 0. The lowest BCUT2D eigenvalue weighted by molar-refractivity contribution is 0.724. The average Bonchev–Trinajstić information content (AvgIpc) is 1.97. The molecule has 0 heterocycles. The number of nitrogens with one attached hydrogen (secondary N) is 1. The van der Waals surface area contributed by atoms with Gasteiger partial charge in [-0.15, -0.1) is 6.58 Å². The lowest BCUT2D eigenvalue weighted by Gasteiger charge is -1.96. The second kappa shape index (κ2) is 9.05. The van der Waals surface area contributed by atoms with Crippen LogP contribution >= 0.6 is 11.8 Å². The highest BCUT2D eigenvalue weighted by Gasteiger charge is 1.86.